The number of nitrogens with one attached hydrogen (secondary N) is 1. The molecule has 2 saturated carbocycles. The fraction of sp³-hybridized carbons (Fsp3) is 0.500. The number of nitrogen functional groups attached to an aromatic ring is 1. The zero-order chi connectivity index (χ0) is 12.8. The molecule has 0 bridgehead atoms. The van der Waals surface area contributed by atoms with Crippen LogP contribution in [0, 0.1) is 11.3 Å². The van der Waals surface area contributed by atoms with Gasteiger partial charge in [0, 0.05) is 17.9 Å². The van der Waals surface area contributed by atoms with Gasteiger partial charge >= 0.3 is 0 Å². The predicted octanol–water partition coefficient (Wildman–Crippen LogP) is 1.97. The highest BCUT2D eigenvalue weighted by Crippen LogP contribution is 2.61. The maximum atomic E-state index is 11.4. The van der Waals surface area contributed by atoms with E-state index in [2.05, 4.69) is 5.32 Å². The second-order valence-electron chi connectivity index (χ2n) is 5.66. The molecule has 0 heterocycles. The second kappa shape index (κ2) is 3.90. The SMILES string of the molecule is NC(=O)c1ccc(N)cc1NCC1(C2CC2)CC1. The maximum Gasteiger partial charge on any atom is 0.250 e. The molecule has 0 aromatic heterocycles. The van der Waals surface area contributed by atoms with Crippen LogP contribution in [0.2, 0.25) is 0 Å². The van der Waals surface area contributed by atoms with Crippen molar-refractivity contribution in [1.82, 2.24) is 0 Å². The minimum Gasteiger partial charge on any atom is -0.399 e. The molecule has 4 nitrogen and oxygen atoms in total. The van der Waals surface area contributed by atoms with Gasteiger partial charge in [0.05, 0.1) is 5.56 Å². The molecule has 96 valence electrons. The smallest absolute Gasteiger partial charge is 0.250 e. The summed E-state index contributed by atoms with van der Waals surface area (Å²) < 4.78 is 0. The Morgan fingerprint density at radius 3 is 2.67 bits per heavy atom. The van der Waals surface area contributed by atoms with E-state index in [1.807, 2.05) is 0 Å². The molecule has 0 aliphatic heterocycles. The Morgan fingerprint density at radius 2 is 2.11 bits per heavy atom. The molecule has 2 fully saturated rings. The van der Waals surface area contributed by atoms with Gasteiger partial charge in [-0.25, -0.2) is 0 Å². The summed E-state index contributed by atoms with van der Waals surface area (Å²) in [5.41, 5.74) is 13.6. The van der Waals surface area contributed by atoms with Gasteiger partial charge in [-0.05, 0) is 55.2 Å². The van der Waals surface area contributed by atoms with Gasteiger partial charge in [-0.3, -0.25) is 4.79 Å². The van der Waals surface area contributed by atoms with Crippen molar-refractivity contribution in [3.63, 3.8) is 0 Å². The van der Waals surface area contributed by atoms with E-state index in [0.29, 0.717) is 16.7 Å². The first kappa shape index (κ1) is 11.4. The first-order valence-electron chi connectivity index (χ1n) is 6.54. The van der Waals surface area contributed by atoms with Crippen LogP contribution in [0.1, 0.15) is 36.0 Å². The third-order valence-electron chi connectivity index (χ3n) is 4.28. The van der Waals surface area contributed by atoms with Crippen LogP contribution in [-0.4, -0.2) is 12.5 Å². The normalized spacial score (nSPS) is 20.4. The molecule has 1 aromatic carbocycles. The Hall–Kier alpha value is -1.71. The number of primary amides is 1. The molecule has 0 unspecified atom stereocenters. The first-order chi connectivity index (χ1) is 8.61. The highest BCUT2D eigenvalue weighted by Gasteiger charge is 2.53. The largest absolute Gasteiger partial charge is 0.399 e. The lowest BCUT2D eigenvalue weighted by atomic mass is 10.0. The molecular formula is C14H19N3O. The number of hydrogen-bond acceptors (Lipinski definition) is 3. The molecule has 1 amide bonds. The van der Waals surface area contributed by atoms with Crippen molar-refractivity contribution < 1.29 is 4.79 Å². The van der Waals surface area contributed by atoms with Gasteiger partial charge in [-0.15, -0.1) is 0 Å². The zero-order valence-electron chi connectivity index (χ0n) is 10.4. The number of hydrogen-bond donors (Lipinski definition) is 3. The van der Waals surface area contributed by atoms with Crippen LogP contribution in [0.15, 0.2) is 18.2 Å². The van der Waals surface area contributed by atoms with E-state index in [-0.39, 0.29) is 0 Å². The van der Waals surface area contributed by atoms with Crippen LogP contribution in [0.25, 0.3) is 0 Å². The predicted molar refractivity (Wildman–Crippen MR) is 72.3 cm³/mol. The molecule has 3 rings (SSSR count). The summed E-state index contributed by atoms with van der Waals surface area (Å²) in [5.74, 6) is 0.483. The Balaban J connectivity index is 1.75. The van der Waals surface area contributed by atoms with E-state index >= 15 is 0 Å². The van der Waals surface area contributed by atoms with Crippen LogP contribution < -0.4 is 16.8 Å². The van der Waals surface area contributed by atoms with Crippen molar-refractivity contribution in [3.8, 4) is 0 Å². The Labute approximate surface area is 107 Å². The van der Waals surface area contributed by atoms with Crippen LogP contribution in [0.5, 0.6) is 0 Å². The van der Waals surface area contributed by atoms with E-state index in [4.69, 9.17) is 11.5 Å². The quantitative estimate of drug-likeness (QED) is 0.694. The average Bonchev–Trinajstić information content (AvgIpc) is 3.18. The van der Waals surface area contributed by atoms with Crippen molar-refractivity contribution in [2.75, 3.05) is 17.6 Å². The van der Waals surface area contributed by atoms with Crippen molar-refractivity contribution >= 4 is 17.3 Å². The molecule has 5 N–H and O–H groups in total. The topological polar surface area (TPSA) is 81.1 Å². The molecule has 18 heavy (non-hydrogen) atoms. The van der Waals surface area contributed by atoms with Gasteiger partial charge in [0.25, 0.3) is 5.91 Å². The minimum absolute atomic E-state index is 0.409. The van der Waals surface area contributed by atoms with E-state index in [1.165, 1.54) is 25.7 Å². The Morgan fingerprint density at radius 1 is 1.39 bits per heavy atom. The minimum atomic E-state index is -0.409. The number of anilines is 2. The van der Waals surface area contributed by atoms with Gasteiger partial charge in [-0.1, -0.05) is 0 Å². The maximum absolute atomic E-state index is 11.4. The highest BCUT2D eigenvalue weighted by molar-refractivity contribution is 5.99. The van der Waals surface area contributed by atoms with Gasteiger partial charge in [0.2, 0.25) is 0 Å². The summed E-state index contributed by atoms with van der Waals surface area (Å²) in [7, 11) is 0. The summed E-state index contributed by atoms with van der Waals surface area (Å²) in [6.45, 7) is 0.932. The zero-order valence-corrected chi connectivity index (χ0v) is 10.4. The lowest BCUT2D eigenvalue weighted by molar-refractivity contribution is 0.100. The van der Waals surface area contributed by atoms with Crippen molar-refractivity contribution in [2.24, 2.45) is 17.1 Å². The average molecular weight is 245 g/mol. The van der Waals surface area contributed by atoms with Crippen LogP contribution in [0.4, 0.5) is 11.4 Å². The van der Waals surface area contributed by atoms with E-state index < -0.39 is 5.91 Å². The summed E-state index contributed by atoms with van der Waals surface area (Å²) in [5, 5.41) is 3.38. The lowest BCUT2D eigenvalue weighted by Crippen LogP contribution is -2.20. The Kier molecular flexibility index (Phi) is 2.47. The molecule has 1 aromatic rings. The summed E-state index contributed by atoms with van der Waals surface area (Å²) in [6, 6.07) is 5.19. The first-order valence-corrected chi connectivity index (χ1v) is 6.54. The third-order valence-corrected chi connectivity index (χ3v) is 4.28. The molecule has 2 aliphatic rings. The van der Waals surface area contributed by atoms with Crippen LogP contribution in [0.3, 0.4) is 0 Å². The molecule has 0 atom stereocenters. The van der Waals surface area contributed by atoms with E-state index in [0.717, 1.165) is 18.2 Å². The van der Waals surface area contributed by atoms with Crippen molar-refractivity contribution in [3.05, 3.63) is 23.8 Å². The number of carbonyl (C=O) groups excluding carboxylic acids is 1. The van der Waals surface area contributed by atoms with Crippen LogP contribution in [-0.2, 0) is 0 Å². The summed E-state index contributed by atoms with van der Waals surface area (Å²) in [4.78, 5) is 11.4. The van der Waals surface area contributed by atoms with Gasteiger partial charge in [0.15, 0.2) is 0 Å². The number of rotatable bonds is 5. The molecule has 0 saturated heterocycles. The standard InChI is InChI=1S/C14H19N3O/c15-10-3-4-11(13(16)18)12(7-10)17-8-14(5-6-14)9-1-2-9/h3-4,7,9,17H,1-2,5-6,8,15H2,(H2,16,18). The Bertz CT molecular complexity index is 490. The van der Waals surface area contributed by atoms with Crippen molar-refractivity contribution in [1.29, 1.82) is 0 Å². The molecule has 4 heteroatoms. The van der Waals surface area contributed by atoms with Gasteiger partial charge in [0.1, 0.15) is 0 Å². The van der Waals surface area contributed by atoms with Crippen molar-refractivity contribution in [2.45, 2.75) is 25.7 Å². The van der Waals surface area contributed by atoms with E-state index in [1.54, 1.807) is 18.2 Å². The number of amides is 1. The fourth-order valence-electron chi connectivity index (χ4n) is 2.78. The van der Waals surface area contributed by atoms with E-state index in [9.17, 15) is 4.79 Å². The number of benzene rings is 1. The number of nitrogens with two attached hydrogens (primary N) is 2. The van der Waals surface area contributed by atoms with Gasteiger partial charge in [-0.2, -0.15) is 0 Å². The lowest BCUT2D eigenvalue weighted by Gasteiger charge is -2.17. The highest BCUT2D eigenvalue weighted by atomic mass is 16.1. The summed E-state index contributed by atoms with van der Waals surface area (Å²) >= 11 is 0. The molecule has 2 aliphatic carbocycles. The fourth-order valence-corrected chi connectivity index (χ4v) is 2.78. The third kappa shape index (κ3) is 2.03. The second-order valence-corrected chi connectivity index (χ2v) is 5.66. The van der Waals surface area contributed by atoms with Crippen LogP contribution >= 0.6 is 0 Å². The summed E-state index contributed by atoms with van der Waals surface area (Å²) in [6.07, 6.45) is 5.33. The molecule has 0 radical (unpaired) electrons. The monoisotopic (exact) mass is 245 g/mol. The number of carbonyl (C=O) groups is 1. The van der Waals surface area contributed by atoms with Gasteiger partial charge < -0.3 is 16.8 Å². The molecule has 0 spiro atoms. The molecular weight excluding hydrogens is 226 g/mol.